The summed E-state index contributed by atoms with van der Waals surface area (Å²) in [5, 5.41) is 0.102. The number of carbonyl (C=O) groups is 1. The van der Waals surface area contributed by atoms with Crippen LogP contribution in [-0.2, 0) is 11.0 Å². The second-order valence-corrected chi connectivity index (χ2v) is 4.54. The number of nitrogens with zero attached hydrogens (tertiary/aromatic N) is 1. The normalized spacial score (nSPS) is 20.6. The summed E-state index contributed by atoms with van der Waals surface area (Å²) < 4.78 is 37.8. The molecule has 1 heterocycles. The molecule has 1 aromatic rings. The first-order chi connectivity index (χ1) is 8.29. The second-order valence-electron chi connectivity index (χ2n) is 4.13. The van der Waals surface area contributed by atoms with E-state index in [1.54, 1.807) is 0 Å². The smallest absolute Gasteiger partial charge is 0.326 e. The molecule has 1 aromatic carbocycles. The van der Waals surface area contributed by atoms with Gasteiger partial charge in [-0.25, -0.2) is 0 Å². The van der Waals surface area contributed by atoms with E-state index >= 15 is 0 Å². The molecule has 2 rings (SSSR count). The van der Waals surface area contributed by atoms with E-state index in [4.69, 9.17) is 17.3 Å². The molecule has 1 amide bonds. The number of carbonyl (C=O) groups excluding carboxylic acids is 1. The third-order valence-electron chi connectivity index (χ3n) is 2.72. The van der Waals surface area contributed by atoms with Crippen molar-refractivity contribution < 1.29 is 18.0 Å². The van der Waals surface area contributed by atoms with Crippen molar-refractivity contribution in [1.82, 2.24) is 0 Å². The van der Waals surface area contributed by atoms with Crippen LogP contribution in [0, 0.1) is 0 Å². The van der Waals surface area contributed by atoms with Crippen LogP contribution in [0.5, 0.6) is 0 Å². The maximum absolute atomic E-state index is 12.6. The molecule has 1 aliphatic heterocycles. The van der Waals surface area contributed by atoms with Crippen LogP contribution in [0.3, 0.4) is 0 Å². The quantitative estimate of drug-likeness (QED) is 0.857. The average Bonchev–Trinajstić information content (AvgIpc) is 2.56. The predicted octanol–water partition coefficient (Wildman–Crippen LogP) is 2.42. The number of alkyl halides is 3. The molecule has 0 bridgehead atoms. The number of benzene rings is 1. The molecule has 2 N–H and O–H groups in total. The molecule has 1 aliphatic rings. The van der Waals surface area contributed by atoms with Gasteiger partial charge >= 0.3 is 6.18 Å². The highest BCUT2D eigenvalue weighted by molar-refractivity contribution is 6.33. The van der Waals surface area contributed by atoms with Crippen LogP contribution in [0.25, 0.3) is 0 Å². The molecule has 1 saturated heterocycles. The molecule has 98 valence electrons. The molecule has 0 radical (unpaired) electrons. The standard InChI is InChI=1S/C11H10ClF3N2O/c12-8-2-1-6(11(13,14)15)3-9(8)17-5-7(16)4-10(17)18/h1-3,7H,4-5,16H2. The van der Waals surface area contributed by atoms with E-state index in [1.165, 1.54) is 4.90 Å². The first-order valence-corrected chi connectivity index (χ1v) is 5.59. The Morgan fingerprint density at radius 3 is 2.56 bits per heavy atom. The summed E-state index contributed by atoms with van der Waals surface area (Å²) >= 11 is 5.84. The summed E-state index contributed by atoms with van der Waals surface area (Å²) in [5.41, 5.74) is 4.82. The van der Waals surface area contributed by atoms with Crippen molar-refractivity contribution in [3.05, 3.63) is 28.8 Å². The predicted molar refractivity (Wildman–Crippen MR) is 61.4 cm³/mol. The van der Waals surface area contributed by atoms with Crippen LogP contribution < -0.4 is 10.6 Å². The number of amides is 1. The van der Waals surface area contributed by atoms with Gasteiger partial charge < -0.3 is 10.6 Å². The largest absolute Gasteiger partial charge is 0.416 e. The number of hydrogen-bond acceptors (Lipinski definition) is 2. The molecule has 0 aromatic heterocycles. The molecule has 0 saturated carbocycles. The zero-order valence-electron chi connectivity index (χ0n) is 9.17. The third kappa shape index (κ3) is 2.44. The fraction of sp³-hybridized carbons (Fsp3) is 0.364. The monoisotopic (exact) mass is 278 g/mol. The Labute approximate surface area is 106 Å². The molecule has 7 heteroatoms. The Morgan fingerprint density at radius 2 is 2.06 bits per heavy atom. The molecule has 0 spiro atoms. The lowest BCUT2D eigenvalue weighted by atomic mass is 10.2. The molecular formula is C11H10ClF3N2O. The summed E-state index contributed by atoms with van der Waals surface area (Å²) in [4.78, 5) is 12.8. The molecule has 1 fully saturated rings. The van der Waals surface area contributed by atoms with E-state index in [-0.39, 0.29) is 35.6 Å². The Balaban J connectivity index is 2.41. The second kappa shape index (κ2) is 4.44. The lowest BCUT2D eigenvalue weighted by Gasteiger charge is -2.19. The topological polar surface area (TPSA) is 46.3 Å². The maximum atomic E-state index is 12.6. The summed E-state index contributed by atoms with van der Waals surface area (Å²) in [6.07, 6.45) is -4.35. The van der Waals surface area contributed by atoms with Crippen LogP contribution in [-0.4, -0.2) is 18.5 Å². The van der Waals surface area contributed by atoms with Gasteiger partial charge in [-0.1, -0.05) is 11.6 Å². The number of rotatable bonds is 1. The van der Waals surface area contributed by atoms with Gasteiger partial charge in [0.05, 0.1) is 16.3 Å². The van der Waals surface area contributed by atoms with Gasteiger partial charge in [-0.15, -0.1) is 0 Å². The summed E-state index contributed by atoms with van der Waals surface area (Å²) in [6, 6.07) is 2.52. The molecule has 0 aliphatic carbocycles. The summed E-state index contributed by atoms with van der Waals surface area (Å²) in [5.74, 6) is -0.316. The van der Waals surface area contributed by atoms with Crippen molar-refractivity contribution in [2.45, 2.75) is 18.6 Å². The minimum atomic E-state index is -4.47. The van der Waals surface area contributed by atoms with Gasteiger partial charge in [0.15, 0.2) is 0 Å². The van der Waals surface area contributed by atoms with E-state index in [0.717, 1.165) is 18.2 Å². The van der Waals surface area contributed by atoms with E-state index in [2.05, 4.69) is 0 Å². The fourth-order valence-electron chi connectivity index (χ4n) is 1.86. The third-order valence-corrected chi connectivity index (χ3v) is 3.04. The van der Waals surface area contributed by atoms with E-state index in [1.807, 2.05) is 0 Å². The van der Waals surface area contributed by atoms with Crippen molar-refractivity contribution in [2.24, 2.45) is 5.73 Å². The highest BCUT2D eigenvalue weighted by Crippen LogP contribution is 2.36. The minimum absolute atomic E-state index is 0.0597. The van der Waals surface area contributed by atoms with Crippen LogP contribution in [0.15, 0.2) is 18.2 Å². The van der Waals surface area contributed by atoms with E-state index in [9.17, 15) is 18.0 Å². The number of hydrogen-bond donors (Lipinski definition) is 1. The number of nitrogens with two attached hydrogens (primary N) is 1. The highest BCUT2D eigenvalue weighted by atomic mass is 35.5. The lowest BCUT2D eigenvalue weighted by molar-refractivity contribution is -0.137. The Kier molecular flexibility index (Phi) is 3.25. The van der Waals surface area contributed by atoms with Gasteiger partial charge in [-0.05, 0) is 18.2 Å². The van der Waals surface area contributed by atoms with Crippen molar-refractivity contribution in [3.8, 4) is 0 Å². The molecular weight excluding hydrogens is 269 g/mol. The van der Waals surface area contributed by atoms with Gasteiger partial charge in [-0.2, -0.15) is 13.2 Å². The summed E-state index contributed by atoms with van der Waals surface area (Å²) in [6.45, 7) is 0.180. The summed E-state index contributed by atoms with van der Waals surface area (Å²) in [7, 11) is 0. The molecule has 18 heavy (non-hydrogen) atoms. The zero-order chi connectivity index (χ0) is 13.5. The molecule has 1 atom stereocenters. The highest BCUT2D eigenvalue weighted by Gasteiger charge is 2.34. The molecule has 3 nitrogen and oxygen atoms in total. The Bertz CT molecular complexity index is 490. The zero-order valence-corrected chi connectivity index (χ0v) is 9.92. The first kappa shape index (κ1) is 13.2. The Hall–Kier alpha value is -1.27. The minimum Gasteiger partial charge on any atom is -0.326 e. The van der Waals surface area contributed by atoms with Crippen molar-refractivity contribution >= 4 is 23.2 Å². The van der Waals surface area contributed by atoms with Crippen LogP contribution in [0.2, 0.25) is 5.02 Å². The average molecular weight is 279 g/mol. The van der Waals surface area contributed by atoms with Gasteiger partial charge in [0.2, 0.25) is 5.91 Å². The number of anilines is 1. The van der Waals surface area contributed by atoms with Crippen LogP contribution in [0.4, 0.5) is 18.9 Å². The fourth-order valence-corrected chi connectivity index (χ4v) is 2.08. The molecule has 1 unspecified atom stereocenters. The van der Waals surface area contributed by atoms with Gasteiger partial charge in [0, 0.05) is 19.0 Å². The van der Waals surface area contributed by atoms with Crippen molar-refractivity contribution in [2.75, 3.05) is 11.4 Å². The van der Waals surface area contributed by atoms with Crippen molar-refractivity contribution in [3.63, 3.8) is 0 Å². The lowest BCUT2D eigenvalue weighted by Crippen LogP contribution is -2.28. The number of halogens is 4. The van der Waals surface area contributed by atoms with E-state index < -0.39 is 11.7 Å². The van der Waals surface area contributed by atoms with Gasteiger partial charge in [0.25, 0.3) is 0 Å². The van der Waals surface area contributed by atoms with Gasteiger partial charge in [0.1, 0.15) is 0 Å². The Morgan fingerprint density at radius 1 is 1.39 bits per heavy atom. The maximum Gasteiger partial charge on any atom is 0.416 e. The SMILES string of the molecule is NC1CC(=O)N(c2cc(C(F)(F)F)ccc2Cl)C1. The van der Waals surface area contributed by atoms with Crippen LogP contribution in [0.1, 0.15) is 12.0 Å². The van der Waals surface area contributed by atoms with Gasteiger partial charge in [-0.3, -0.25) is 4.79 Å². The first-order valence-electron chi connectivity index (χ1n) is 5.21. The van der Waals surface area contributed by atoms with E-state index in [0.29, 0.717) is 0 Å². The van der Waals surface area contributed by atoms with Crippen LogP contribution >= 0.6 is 11.6 Å². The van der Waals surface area contributed by atoms with Crippen molar-refractivity contribution in [1.29, 1.82) is 0 Å².